The number of rotatable bonds is 9. The van der Waals surface area contributed by atoms with E-state index in [4.69, 9.17) is 30.3 Å². The van der Waals surface area contributed by atoms with Gasteiger partial charge in [-0.2, -0.15) is 26.3 Å². The first kappa shape index (κ1) is 41.1. The summed E-state index contributed by atoms with van der Waals surface area (Å²) in [4.78, 5) is 57.4. The molecule has 280 valence electrons. The molecule has 2 bridgehead atoms. The summed E-state index contributed by atoms with van der Waals surface area (Å²) < 4.78 is 70.0. The van der Waals surface area contributed by atoms with Crippen molar-refractivity contribution in [2.24, 2.45) is 11.7 Å². The maximum Gasteiger partial charge on any atom is 0.490 e. The van der Waals surface area contributed by atoms with E-state index in [1.54, 1.807) is 24.3 Å². The number of benzene rings is 3. The number of alkyl halides is 6. The van der Waals surface area contributed by atoms with E-state index in [9.17, 15) is 40.7 Å². The monoisotopic (exact) mass is 739 g/mol. The number of piperidine rings is 3. The van der Waals surface area contributed by atoms with Gasteiger partial charge in [-0.3, -0.25) is 9.59 Å². The van der Waals surface area contributed by atoms with E-state index in [1.165, 1.54) is 0 Å². The highest BCUT2D eigenvalue weighted by atomic mass is 19.4. The van der Waals surface area contributed by atoms with E-state index in [0.717, 1.165) is 25.9 Å². The highest BCUT2D eigenvalue weighted by Gasteiger charge is 2.49. The third-order valence-corrected chi connectivity index (χ3v) is 8.45. The van der Waals surface area contributed by atoms with Crippen LogP contribution in [-0.2, 0) is 23.9 Å². The number of halogens is 6. The minimum atomic E-state index is -5.19. The molecule has 0 aliphatic carbocycles. The largest absolute Gasteiger partial charge is 0.542 e. The number of carbonyl (C=O) groups excluding carboxylic acids is 4. The van der Waals surface area contributed by atoms with Crippen LogP contribution in [0.4, 0.5) is 26.3 Å². The van der Waals surface area contributed by atoms with Crippen LogP contribution in [-0.4, -0.2) is 83.8 Å². The highest BCUT2D eigenvalue weighted by molar-refractivity contribution is 5.97. The second-order valence-electron chi connectivity index (χ2n) is 12.1. The van der Waals surface area contributed by atoms with Crippen LogP contribution < -0.4 is 16.2 Å². The molecule has 2 unspecified atom stereocenters. The molecule has 4 N–H and O–H groups in total. The summed E-state index contributed by atoms with van der Waals surface area (Å²) in [5.74, 6) is -6.35. The third kappa shape index (κ3) is 11.9. The normalized spacial score (nSPS) is 20.4. The Hall–Kier alpha value is -5.29. The molecule has 3 aromatic carbocycles. The molecule has 0 spiro atoms. The summed E-state index contributed by atoms with van der Waals surface area (Å²) >= 11 is 0. The predicted molar refractivity (Wildman–Crippen MR) is 169 cm³/mol. The number of amides is 1. The Kier molecular flexibility index (Phi) is 14.1. The number of ether oxygens (including phenoxy) is 1. The number of nitrogens with one attached hydrogen (secondary N) is 1. The smallest absolute Gasteiger partial charge is 0.490 e. The minimum absolute atomic E-state index is 0.111. The zero-order valence-corrected chi connectivity index (χ0v) is 27.3. The van der Waals surface area contributed by atoms with Gasteiger partial charge in [0.2, 0.25) is 11.7 Å². The van der Waals surface area contributed by atoms with E-state index < -0.39 is 48.3 Å². The fraction of sp³-hybridized carbons (Fsp3) is 0.343. The first-order valence-corrected chi connectivity index (χ1v) is 15.7. The van der Waals surface area contributed by atoms with Gasteiger partial charge in [-0.25, -0.2) is 9.59 Å². The lowest BCUT2D eigenvalue weighted by atomic mass is 9.82. The summed E-state index contributed by atoms with van der Waals surface area (Å²) in [5, 5.41) is 18.7. The van der Waals surface area contributed by atoms with Crippen LogP contribution >= 0.6 is 0 Å². The summed E-state index contributed by atoms with van der Waals surface area (Å²) in [7, 11) is 0. The standard InChI is InChI=1S/C31H33N3O4.2C2HF3O2/c32-28(24-12-6-2-7-13-24)30(36)33-29(25-14-8-3-9-15-25)31(37)38-27-21-34(18-16-23(27)17-19-34)20-26(35)22-10-4-1-5-11-22;2*3-2(4,5)1(6)7/h1-15,23,27-29H,16-21,32H2;2*(H,6,7)/t23?,27-,28?,29?,34?;;/m0../s1. The lowest BCUT2D eigenvalue weighted by Crippen LogP contribution is -2.66. The molecule has 0 aromatic heterocycles. The van der Waals surface area contributed by atoms with Crippen LogP contribution in [0.25, 0.3) is 0 Å². The van der Waals surface area contributed by atoms with Crippen molar-refractivity contribution >= 4 is 29.6 Å². The SMILES string of the molecule is NC(C(=O)NC(C(=O)O[C@H]1C[N+]2(CC(=O)c3ccccc3)CCC1CC2)c1ccccc1)c1ccccc1.O=C(O)C(F)(F)F.O=C([O-])C(F)(F)F. The van der Waals surface area contributed by atoms with Crippen LogP contribution in [0.3, 0.4) is 0 Å². The van der Waals surface area contributed by atoms with Gasteiger partial charge in [0, 0.05) is 24.3 Å². The van der Waals surface area contributed by atoms with E-state index >= 15 is 0 Å². The predicted octanol–water partition coefficient (Wildman–Crippen LogP) is 3.51. The van der Waals surface area contributed by atoms with Gasteiger partial charge in [-0.1, -0.05) is 91.0 Å². The Morgan fingerprint density at radius 1 is 0.808 bits per heavy atom. The molecule has 11 nitrogen and oxygen atoms in total. The quantitative estimate of drug-likeness (QED) is 0.128. The fourth-order valence-electron chi connectivity index (χ4n) is 5.78. The van der Waals surface area contributed by atoms with E-state index in [1.807, 2.05) is 66.7 Å². The van der Waals surface area contributed by atoms with Gasteiger partial charge in [0.15, 0.2) is 12.1 Å². The Morgan fingerprint density at radius 2 is 1.25 bits per heavy atom. The van der Waals surface area contributed by atoms with Gasteiger partial charge < -0.3 is 35.3 Å². The number of carboxylic acid groups (broad SMARTS) is 2. The fourth-order valence-corrected chi connectivity index (χ4v) is 5.78. The highest BCUT2D eigenvalue weighted by Crippen LogP contribution is 2.36. The molecule has 3 atom stereocenters. The Bertz CT molecular complexity index is 1640. The molecule has 6 rings (SSSR count). The number of hydrogen-bond acceptors (Lipinski definition) is 8. The summed E-state index contributed by atoms with van der Waals surface area (Å²) in [5.41, 5.74) is 8.22. The van der Waals surface area contributed by atoms with Crippen molar-refractivity contribution in [3.05, 3.63) is 108 Å². The Balaban J connectivity index is 0.000000441. The molecule has 3 aromatic rings. The molecule has 3 saturated heterocycles. The molecular weight excluding hydrogens is 704 g/mol. The molecule has 3 aliphatic rings. The molecule has 3 aliphatic heterocycles. The van der Waals surface area contributed by atoms with Crippen LogP contribution in [0, 0.1) is 5.92 Å². The molecular formula is C35H35F6N3O8. The van der Waals surface area contributed by atoms with Crippen LogP contribution in [0.1, 0.15) is 46.4 Å². The number of esters is 1. The number of hydrogen-bond donors (Lipinski definition) is 3. The summed E-state index contributed by atoms with van der Waals surface area (Å²) in [6.45, 7) is 2.81. The van der Waals surface area contributed by atoms with Crippen molar-refractivity contribution in [1.29, 1.82) is 0 Å². The van der Waals surface area contributed by atoms with Crippen LogP contribution in [0.2, 0.25) is 0 Å². The maximum atomic E-state index is 13.6. The summed E-state index contributed by atoms with van der Waals surface area (Å²) in [6.07, 6.45) is -8.78. The van der Waals surface area contributed by atoms with E-state index in [-0.39, 0.29) is 17.8 Å². The van der Waals surface area contributed by atoms with Gasteiger partial charge in [0.05, 0.1) is 13.1 Å². The number of quaternary nitrogens is 1. The number of Topliss-reactive ketones (excluding diaryl/α,β-unsaturated/α-hetero) is 1. The number of fused-ring (bicyclic) bond motifs is 3. The lowest BCUT2D eigenvalue weighted by molar-refractivity contribution is -0.938. The molecule has 0 saturated carbocycles. The zero-order chi connectivity index (χ0) is 38.7. The molecule has 0 radical (unpaired) electrons. The second kappa shape index (κ2) is 17.8. The topological polar surface area (TPSA) is 176 Å². The van der Waals surface area contributed by atoms with E-state index in [2.05, 4.69) is 5.32 Å². The third-order valence-electron chi connectivity index (χ3n) is 8.45. The van der Waals surface area contributed by atoms with Gasteiger partial charge in [-0.15, -0.1) is 0 Å². The molecule has 3 fully saturated rings. The number of nitrogens with zero attached hydrogens (tertiary/aromatic N) is 1. The lowest BCUT2D eigenvalue weighted by Gasteiger charge is -2.51. The van der Waals surface area contributed by atoms with Crippen molar-refractivity contribution in [1.82, 2.24) is 5.32 Å². The Morgan fingerprint density at radius 3 is 1.69 bits per heavy atom. The average molecular weight is 740 g/mol. The van der Waals surface area contributed by atoms with Gasteiger partial charge in [0.25, 0.3) is 0 Å². The van der Waals surface area contributed by atoms with Crippen molar-refractivity contribution in [3.63, 3.8) is 0 Å². The van der Waals surface area contributed by atoms with Crippen molar-refractivity contribution < 1.29 is 69.7 Å². The second-order valence-corrected chi connectivity index (χ2v) is 12.1. The first-order chi connectivity index (χ1) is 24.3. The number of nitrogens with two attached hydrogens (primary N) is 1. The molecule has 17 heteroatoms. The molecule has 1 amide bonds. The molecule has 3 heterocycles. The molecule has 52 heavy (non-hydrogen) atoms. The Labute approximate surface area is 293 Å². The van der Waals surface area contributed by atoms with E-state index in [0.29, 0.717) is 34.3 Å². The van der Waals surface area contributed by atoms with Crippen molar-refractivity contribution in [2.75, 3.05) is 26.2 Å². The number of carbonyl (C=O) groups is 5. The van der Waals surface area contributed by atoms with Gasteiger partial charge in [-0.05, 0) is 11.1 Å². The first-order valence-electron chi connectivity index (χ1n) is 15.7. The van der Waals surface area contributed by atoms with Gasteiger partial charge in [0.1, 0.15) is 25.1 Å². The maximum absolute atomic E-state index is 13.6. The zero-order valence-electron chi connectivity index (χ0n) is 27.3. The van der Waals surface area contributed by atoms with Crippen molar-refractivity contribution in [3.8, 4) is 0 Å². The number of aliphatic carboxylic acids is 2. The average Bonchev–Trinajstić information content (AvgIpc) is 3.11. The van der Waals surface area contributed by atoms with Crippen LogP contribution in [0.5, 0.6) is 0 Å². The van der Waals surface area contributed by atoms with Gasteiger partial charge >= 0.3 is 24.3 Å². The number of ketones is 1. The minimum Gasteiger partial charge on any atom is -0.542 e. The number of carboxylic acids is 2. The van der Waals surface area contributed by atoms with Crippen LogP contribution in [0.15, 0.2) is 91.0 Å². The van der Waals surface area contributed by atoms with Crippen molar-refractivity contribution in [2.45, 2.75) is 43.4 Å². The summed E-state index contributed by atoms with van der Waals surface area (Å²) in [6, 6.07) is 25.6.